The molecule has 0 amide bonds. The molecule has 0 spiro atoms. The molecule has 0 radical (unpaired) electrons. The first-order valence-electron chi connectivity index (χ1n) is 8.18. The van der Waals surface area contributed by atoms with Gasteiger partial charge < -0.3 is 15.5 Å². The van der Waals surface area contributed by atoms with E-state index >= 15 is 0 Å². The molecular weight excluding hydrogens is 258 g/mol. The van der Waals surface area contributed by atoms with Crippen LogP contribution in [0.3, 0.4) is 0 Å². The van der Waals surface area contributed by atoms with Gasteiger partial charge in [-0.1, -0.05) is 44.2 Å². The summed E-state index contributed by atoms with van der Waals surface area (Å²) in [6, 6.07) is 11.0. The standard InChI is InChI=1S/C18H31N3/c1-14(2)18(17(19)16-8-6-5-7-9-16)21(4)13-15-10-11-20(3)12-15/h5-9,14-15,17-18H,10-13,19H2,1-4H3. The van der Waals surface area contributed by atoms with E-state index in [1.54, 1.807) is 0 Å². The van der Waals surface area contributed by atoms with Crippen LogP contribution in [-0.4, -0.2) is 49.6 Å². The van der Waals surface area contributed by atoms with Gasteiger partial charge in [0.25, 0.3) is 0 Å². The lowest BCUT2D eigenvalue weighted by atomic mass is 9.90. The van der Waals surface area contributed by atoms with E-state index in [0.29, 0.717) is 12.0 Å². The predicted octanol–water partition coefficient (Wildman–Crippen LogP) is 2.59. The number of hydrogen-bond acceptors (Lipinski definition) is 3. The van der Waals surface area contributed by atoms with E-state index in [1.807, 2.05) is 0 Å². The Morgan fingerprint density at radius 1 is 1.29 bits per heavy atom. The minimum Gasteiger partial charge on any atom is -0.323 e. The molecule has 1 saturated heterocycles. The molecule has 118 valence electrons. The highest BCUT2D eigenvalue weighted by molar-refractivity contribution is 5.20. The van der Waals surface area contributed by atoms with Crippen molar-refractivity contribution >= 4 is 0 Å². The number of hydrogen-bond donors (Lipinski definition) is 1. The smallest absolute Gasteiger partial charge is 0.0455 e. The molecule has 1 fully saturated rings. The Morgan fingerprint density at radius 3 is 2.48 bits per heavy atom. The molecule has 1 aromatic rings. The van der Waals surface area contributed by atoms with Gasteiger partial charge in [0.05, 0.1) is 0 Å². The number of nitrogens with two attached hydrogens (primary N) is 1. The molecule has 1 aliphatic heterocycles. The summed E-state index contributed by atoms with van der Waals surface area (Å²) in [4.78, 5) is 4.92. The Morgan fingerprint density at radius 2 is 1.95 bits per heavy atom. The van der Waals surface area contributed by atoms with E-state index in [9.17, 15) is 0 Å². The topological polar surface area (TPSA) is 32.5 Å². The molecule has 3 unspecified atom stereocenters. The molecule has 3 atom stereocenters. The fourth-order valence-corrected chi connectivity index (χ4v) is 3.77. The van der Waals surface area contributed by atoms with Crippen LogP contribution in [0.2, 0.25) is 0 Å². The first-order chi connectivity index (χ1) is 9.99. The average molecular weight is 289 g/mol. The van der Waals surface area contributed by atoms with E-state index in [4.69, 9.17) is 5.73 Å². The summed E-state index contributed by atoms with van der Waals surface area (Å²) in [7, 11) is 4.46. The van der Waals surface area contributed by atoms with Gasteiger partial charge in [0, 0.05) is 25.2 Å². The largest absolute Gasteiger partial charge is 0.323 e. The summed E-state index contributed by atoms with van der Waals surface area (Å²) >= 11 is 0. The summed E-state index contributed by atoms with van der Waals surface area (Å²) in [6.45, 7) is 8.16. The normalized spacial score (nSPS) is 22.9. The first kappa shape index (κ1) is 16.5. The third-order valence-electron chi connectivity index (χ3n) is 4.78. The van der Waals surface area contributed by atoms with Crippen LogP contribution in [0.4, 0.5) is 0 Å². The van der Waals surface area contributed by atoms with Gasteiger partial charge >= 0.3 is 0 Å². The molecule has 1 aliphatic rings. The molecular formula is C18H31N3. The highest BCUT2D eigenvalue weighted by Gasteiger charge is 2.29. The summed E-state index contributed by atoms with van der Waals surface area (Å²) in [5.41, 5.74) is 7.83. The molecule has 0 saturated carbocycles. The Kier molecular flexibility index (Phi) is 5.80. The predicted molar refractivity (Wildman–Crippen MR) is 90.2 cm³/mol. The molecule has 3 heteroatoms. The SMILES string of the molecule is CC(C)C(C(N)c1ccccc1)N(C)CC1CCN(C)C1. The molecule has 2 N–H and O–H groups in total. The number of nitrogens with zero attached hydrogens (tertiary/aromatic N) is 2. The molecule has 3 nitrogen and oxygen atoms in total. The van der Waals surface area contributed by atoms with E-state index in [1.165, 1.54) is 25.1 Å². The van der Waals surface area contributed by atoms with Crippen molar-refractivity contribution in [3.63, 3.8) is 0 Å². The Labute approximate surface area is 130 Å². The summed E-state index contributed by atoms with van der Waals surface area (Å²) in [5.74, 6) is 1.33. The maximum Gasteiger partial charge on any atom is 0.0455 e. The number of likely N-dealkylation sites (N-methyl/N-ethyl adjacent to an activating group) is 1. The highest BCUT2D eigenvalue weighted by Crippen LogP contribution is 2.26. The lowest BCUT2D eigenvalue weighted by Crippen LogP contribution is -2.46. The van der Waals surface area contributed by atoms with Gasteiger partial charge in [-0.05, 0) is 44.5 Å². The summed E-state index contributed by atoms with van der Waals surface area (Å²) < 4.78 is 0. The second-order valence-corrected chi connectivity index (χ2v) is 7.03. The van der Waals surface area contributed by atoms with Gasteiger partial charge in [0.15, 0.2) is 0 Å². The van der Waals surface area contributed by atoms with Crippen molar-refractivity contribution in [2.45, 2.75) is 32.4 Å². The van der Waals surface area contributed by atoms with Crippen LogP contribution in [0.15, 0.2) is 30.3 Å². The maximum atomic E-state index is 6.59. The Balaban J connectivity index is 2.04. The Bertz CT molecular complexity index is 418. The van der Waals surface area contributed by atoms with Crippen molar-refractivity contribution in [1.82, 2.24) is 9.80 Å². The molecule has 1 heterocycles. The third kappa shape index (κ3) is 4.29. The zero-order valence-corrected chi connectivity index (χ0v) is 14.0. The number of benzene rings is 1. The molecule has 21 heavy (non-hydrogen) atoms. The summed E-state index contributed by atoms with van der Waals surface area (Å²) in [6.07, 6.45) is 1.31. The van der Waals surface area contributed by atoms with Crippen LogP contribution in [0.25, 0.3) is 0 Å². The van der Waals surface area contributed by atoms with Crippen molar-refractivity contribution in [2.24, 2.45) is 17.6 Å². The maximum absolute atomic E-state index is 6.59. The van der Waals surface area contributed by atoms with Gasteiger partial charge in [-0.25, -0.2) is 0 Å². The van der Waals surface area contributed by atoms with E-state index in [0.717, 1.165) is 12.5 Å². The monoisotopic (exact) mass is 289 g/mol. The van der Waals surface area contributed by atoms with Crippen molar-refractivity contribution in [3.8, 4) is 0 Å². The lowest BCUT2D eigenvalue weighted by molar-refractivity contribution is 0.142. The van der Waals surface area contributed by atoms with E-state index < -0.39 is 0 Å². The lowest BCUT2D eigenvalue weighted by Gasteiger charge is -2.37. The third-order valence-corrected chi connectivity index (χ3v) is 4.78. The Hall–Kier alpha value is -0.900. The number of likely N-dealkylation sites (tertiary alicyclic amines) is 1. The van der Waals surface area contributed by atoms with Gasteiger partial charge in [-0.15, -0.1) is 0 Å². The molecule has 0 aromatic heterocycles. The minimum atomic E-state index is 0.0790. The van der Waals surface area contributed by atoms with Crippen LogP contribution in [-0.2, 0) is 0 Å². The fraction of sp³-hybridized carbons (Fsp3) is 0.667. The van der Waals surface area contributed by atoms with Gasteiger partial charge in [0.2, 0.25) is 0 Å². The van der Waals surface area contributed by atoms with Crippen LogP contribution < -0.4 is 5.73 Å². The average Bonchev–Trinajstić information content (AvgIpc) is 2.84. The van der Waals surface area contributed by atoms with Crippen LogP contribution in [0.5, 0.6) is 0 Å². The second-order valence-electron chi connectivity index (χ2n) is 7.03. The first-order valence-corrected chi connectivity index (χ1v) is 8.18. The highest BCUT2D eigenvalue weighted by atomic mass is 15.2. The minimum absolute atomic E-state index is 0.0790. The van der Waals surface area contributed by atoms with Crippen LogP contribution in [0, 0.1) is 11.8 Å². The van der Waals surface area contributed by atoms with E-state index in [2.05, 4.69) is 68.1 Å². The molecule has 1 aromatic carbocycles. The van der Waals surface area contributed by atoms with Gasteiger partial charge in [-0.2, -0.15) is 0 Å². The zero-order valence-electron chi connectivity index (χ0n) is 14.0. The van der Waals surface area contributed by atoms with Crippen molar-refractivity contribution in [2.75, 3.05) is 33.7 Å². The summed E-state index contributed by atoms with van der Waals surface area (Å²) in [5, 5.41) is 0. The van der Waals surface area contributed by atoms with Gasteiger partial charge in [-0.3, -0.25) is 0 Å². The number of rotatable bonds is 6. The zero-order chi connectivity index (χ0) is 15.4. The second kappa shape index (κ2) is 7.39. The van der Waals surface area contributed by atoms with Crippen molar-refractivity contribution < 1.29 is 0 Å². The van der Waals surface area contributed by atoms with Crippen molar-refractivity contribution in [1.29, 1.82) is 0 Å². The quantitative estimate of drug-likeness (QED) is 0.874. The van der Waals surface area contributed by atoms with Crippen LogP contribution >= 0.6 is 0 Å². The fourth-order valence-electron chi connectivity index (χ4n) is 3.77. The molecule has 0 bridgehead atoms. The van der Waals surface area contributed by atoms with Crippen molar-refractivity contribution in [3.05, 3.63) is 35.9 Å². The molecule has 0 aliphatic carbocycles. The van der Waals surface area contributed by atoms with Crippen LogP contribution in [0.1, 0.15) is 31.9 Å². The van der Waals surface area contributed by atoms with E-state index in [-0.39, 0.29) is 6.04 Å². The molecule has 2 rings (SSSR count). The van der Waals surface area contributed by atoms with Gasteiger partial charge in [0.1, 0.15) is 0 Å².